The van der Waals surface area contributed by atoms with E-state index in [0.29, 0.717) is 12.3 Å². The molecule has 3 nitrogen and oxygen atoms in total. The number of rotatable bonds is 3. The molecule has 1 aliphatic carbocycles. The van der Waals surface area contributed by atoms with Crippen LogP contribution in [0.5, 0.6) is 0 Å². The Morgan fingerprint density at radius 3 is 2.13 bits per heavy atom. The van der Waals surface area contributed by atoms with Crippen LogP contribution in [-0.4, -0.2) is 36.6 Å². The first-order chi connectivity index (χ1) is 6.90. The highest BCUT2D eigenvalue weighted by Crippen LogP contribution is 2.42. The Hall–Kier alpha value is -0.120. The van der Waals surface area contributed by atoms with Crippen molar-refractivity contribution in [1.82, 2.24) is 0 Å². The molecule has 0 amide bonds. The van der Waals surface area contributed by atoms with E-state index in [0.717, 1.165) is 12.8 Å². The Morgan fingerprint density at radius 2 is 1.80 bits per heavy atom. The van der Waals surface area contributed by atoms with Gasteiger partial charge in [0, 0.05) is 20.6 Å². The van der Waals surface area contributed by atoms with E-state index in [1.54, 1.807) is 14.2 Å². The molecule has 0 heterocycles. The molecule has 1 aliphatic rings. The van der Waals surface area contributed by atoms with Gasteiger partial charge < -0.3 is 14.6 Å². The molecule has 0 aromatic heterocycles. The summed E-state index contributed by atoms with van der Waals surface area (Å²) in [6.45, 7) is 6.26. The molecule has 1 fully saturated rings. The maximum absolute atomic E-state index is 10.1. The molecule has 0 radical (unpaired) electrons. The van der Waals surface area contributed by atoms with Crippen LogP contribution in [0.2, 0.25) is 0 Å². The van der Waals surface area contributed by atoms with E-state index >= 15 is 0 Å². The number of ether oxygens (including phenoxy) is 2. The highest BCUT2D eigenvalue weighted by Gasteiger charge is 2.48. The summed E-state index contributed by atoms with van der Waals surface area (Å²) in [5, 5.41) is 10.1. The second-order valence-electron chi connectivity index (χ2n) is 5.16. The summed E-state index contributed by atoms with van der Waals surface area (Å²) in [6, 6.07) is 0. The Balaban J connectivity index is 2.79. The largest absolute Gasteiger partial charge is 0.390 e. The van der Waals surface area contributed by atoms with Crippen molar-refractivity contribution in [3.63, 3.8) is 0 Å². The van der Waals surface area contributed by atoms with Crippen molar-refractivity contribution >= 4 is 0 Å². The van der Waals surface area contributed by atoms with Gasteiger partial charge in [-0.05, 0) is 25.7 Å². The van der Waals surface area contributed by atoms with Crippen LogP contribution in [0.1, 0.15) is 40.0 Å². The third-order valence-electron chi connectivity index (χ3n) is 4.21. The van der Waals surface area contributed by atoms with Gasteiger partial charge in [-0.1, -0.05) is 13.8 Å². The van der Waals surface area contributed by atoms with Gasteiger partial charge in [-0.15, -0.1) is 0 Å². The monoisotopic (exact) mass is 216 g/mol. The van der Waals surface area contributed by atoms with Crippen LogP contribution in [0, 0.1) is 5.92 Å². The molecule has 3 unspecified atom stereocenters. The summed E-state index contributed by atoms with van der Waals surface area (Å²) in [4.78, 5) is 0. The molecule has 3 atom stereocenters. The molecule has 1 saturated carbocycles. The summed E-state index contributed by atoms with van der Waals surface area (Å²) in [7, 11) is 3.40. The van der Waals surface area contributed by atoms with Crippen LogP contribution in [0.3, 0.4) is 0 Å². The van der Waals surface area contributed by atoms with Crippen molar-refractivity contribution < 1.29 is 14.6 Å². The average Bonchev–Trinajstić information content (AvgIpc) is 2.22. The minimum absolute atomic E-state index is 0.183. The molecule has 1 N–H and O–H groups in total. The van der Waals surface area contributed by atoms with Crippen molar-refractivity contribution in [2.24, 2.45) is 5.92 Å². The zero-order valence-electron chi connectivity index (χ0n) is 10.5. The molecule has 15 heavy (non-hydrogen) atoms. The van der Waals surface area contributed by atoms with Gasteiger partial charge in [-0.3, -0.25) is 0 Å². The smallest absolute Gasteiger partial charge is 0.0910 e. The highest BCUT2D eigenvalue weighted by atomic mass is 16.5. The van der Waals surface area contributed by atoms with Gasteiger partial charge in [-0.2, -0.15) is 0 Å². The SMILES string of the molecule is COC1(C)CCC(OC)(C(C)C)CC1O. The number of aliphatic hydroxyl groups excluding tert-OH is 1. The minimum Gasteiger partial charge on any atom is -0.390 e. The minimum atomic E-state index is -0.446. The van der Waals surface area contributed by atoms with E-state index in [9.17, 15) is 5.11 Å². The standard InChI is InChI=1S/C12H24O3/c1-9(2)12(15-5)7-6-11(3,14-4)10(13)8-12/h9-10,13H,6-8H2,1-5H3. The zero-order chi connectivity index (χ0) is 11.7. The summed E-state index contributed by atoms with van der Waals surface area (Å²) in [6.07, 6.45) is 2.00. The van der Waals surface area contributed by atoms with Gasteiger partial charge in [0.25, 0.3) is 0 Å². The van der Waals surface area contributed by atoms with E-state index in [-0.39, 0.29) is 5.60 Å². The molecule has 0 bridgehead atoms. The van der Waals surface area contributed by atoms with Crippen LogP contribution < -0.4 is 0 Å². The van der Waals surface area contributed by atoms with Crippen molar-refractivity contribution in [3.05, 3.63) is 0 Å². The number of hydrogen-bond acceptors (Lipinski definition) is 3. The van der Waals surface area contributed by atoms with Gasteiger partial charge in [-0.25, -0.2) is 0 Å². The molecular formula is C12H24O3. The van der Waals surface area contributed by atoms with E-state index in [1.807, 2.05) is 6.92 Å². The molecule has 0 saturated heterocycles. The normalized spacial score (nSPS) is 42.2. The number of aliphatic hydroxyl groups is 1. The molecule has 90 valence electrons. The molecule has 1 rings (SSSR count). The van der Waals surface area contributed by atoms with E-state index in [2.05, 4.69) is 13.8 Å². The number of methoxy groups -OCH3 is 2. The topological polar surface area (TPSA) is 38.7 Å². The lowest BCUT2D eigenvalue weighted by Gasteiger charge is -2.48. The lowest BCUT2D eigenvalue weighted by atomic mass is 9.70. The van der Waals surface area contributed by atoms with Gasteiger partial charge >= 0.3 is 0 Å². The second-order valence-corrected chi connectivity index (χ2v) is 5.16. The molecule has 0 aromatic rings. The highest BCUT2D eigenvalue weighted by molar-refractivity contribution is 5.00. The first-order valence-electron chi connectivity index (χ1n) is 5.68. The molecule has 0 spiro atoms. The van der Waals surface area contributed by atoms with Gasteiger partial charge in [0.2, 0.25) is 0 Å². The summed E-state index contributed by atoms with van der Waals surface area (Å²) < 4.78 is 11.0. The first kappa shape index (κ1) is 12.9. The summed E-state index contributed by atoms with van der Waals surface area (Å²) in [5.41, 5.74) is -0.589. The van der Waals surface area contributed by atoms with Crippen LogP contribution in [0.25, 0.3) is 0 Å². The molecular weight excluding hydrogens is 192 g/mol. The van der Waals surface area contributed by atoms with E-state index < -0.39 is 11.7 Å². The van der Waals surface area contributed by atoms with Crippen molar-refractivity contribution in [2.45, 2.75) is 57.3 Å². The second kappa shape index (κ2) is 4.40. The van der Waals surface area contributed by atoms with Gasteiger partial charge in [0.05, 0.1) is 17.3 Å². The maximum atomic E-state index is 10.1. The third kappa shape index (κ3) is 2.19. The molecule has 0 aromatic carbocycles. The summed E-state index contributed by atoms with van der Waals surface area (Å²) in [5.74, 6) is 0.415. The molecule has 3 heteroatoms. The lowest BCUT2D eigenvalue weighted by molar-refractivity contribution is -0.183. The summed E-state index contributed by atoms with van der Waals surface area (Å²) >= 11 is 0. The fraction of sp³-hybridized carbons (Fsp3) is 1.00. The Bertz CT molecular complexity index is 217. The van der Waals surface area contributed by atoms with Gasteiger partial charge in [0.1, 0.15) is 0 Å². The quantitative estimate of drug-likeness (QED) is 0.784. The Kier molecular flexibility index (Phi) is 3.80. The van der Waals surface area contributed by atoms with Crippen LogP contribution >= 0.6 is 0 Å². The van der Waals surface area contributed by atoms with Crippen molar-refractivity contribution in [2.75, 3.05) is 14.2 Å². The predicted octanol–water partition coefficient (Wildman–Crippen LogP) is 1.98. The number of hydrogen-bond donors (Lipinski definition) is 1. The fourth-order valence-electron chi connectivity index (χ4n) is 2.46. The Labute approximate surface area is 92.8 Å². The van der Waals surface area contributed by atoms with E-state index in [4.69, 9.17) is 9.47 Å². The lowest BCUT2D eigenvalue weighted by Crippen LogP contribution is -2.55. The zero-order valence-corrected chi connectivity index (χ0v) is 10.5. The van der Waals surface area contributed by atoms with Crippen molar-refractivity contribution in [1.29, 1.82) is 0 Å². The van der Waals surface area contributed by atoms with E-state index in [1.165, 1.54) is 0 Å². The van der Waals surface area contributed by atoms with Gasteiger partial charge in [0.15, 0.2) is 0 Å². The van der Waals surface area contributed by atoms with Crippen molar-refractivity contribution in [3.8, 4) is 0 Å². The predicted molar refractivity (Wildman–Crippen MR) is 59.8 cm³/mol. The maximum Gasteiger partial charge on any atom is 0.0910 e. The van der Waals surface area contributed by atoms with Crippen LogP contribution in [-0.2, 0) is 9.47 Å². The molecule has 0 aliphatic heterocycles. The average molecular weight is 216 g/mol. The first-order valence-corrected chi connectivity index (χ1v) is 5.68. The fourth-order valence-corrected chi connectivity index (χ4v) is 2.46. The van der Waals surface area contributed by atoms with Crippen LogP contribution in [0.15, 0.2) is 0 Å². The van der Waals surface area contributed by atoms with Crippen LogP contribution in [0.4, 0.5) is 0 Å². The Morgan fingerprint density at radius 1 is 1.20 bits per heavy atom. The third-order valence-corrected chi connectivity index (χ3v) is 4.21.